The molecule has 1 aliphatic rings. The van der Waals surface area contributed by atoms with Gasteiger partial charge in [0.05, 0.1) is 16.4 Å². The second kappa shape index (κ2) is 4.92. The molecule has 1 heterocycles. The zero-order valence-electron chi connectivity index (χ0n) is 9.54. The van der Waals surface area contributed by atoms with Gasteiger partial charge in [0.25, 0.3) is 9.05 Å². The van der Waals surface area contributed by atoms with Gasteiger partial charge in [0.2, 0.25) is 0 Å². The first kappa shape index (κ1) is 14.5. The molecule has 19 heavy (non-hydrogen) atoms. The summed E-state index contributed by atoms with van der Waals surface area (Å²) in [6, 6.07) is 2.96. The van der Waals surface area contributed by atoms with Crippen molar-refractivity contribution in [3.05, 3.63) is 24.0 Å². The number of sulfone groups is 1. The summed E-state index contributed by atoms with van der Waals surface area (Å²) in [5.41, 5.74) is 0. The Morgan fingerprint density at radius 3 is 2.53 bits per heavy atom. The monoisotopic (exact) mass is 328 g/mol. The van der Waals surface area contributed by atoms with Crippen LogP contribution >= 0.6 is 10.7 Å². The van der Waals surface area contributed by atoms with E-state index in [1.807, 2.05) is 0 Å². The van der Waals surface area contributed by atoms with Gasteiger partial charge in [0.15, 0.2) is 21.4 Å². The second-order valence-corrected chi connectivity index (χ2v) is 8.97. The zero-order valence-corrected chi connectivity index (χ0v) is 11.9. The first-order chi connectivity index (χ1) is 8.67. The lowest BCUT2D eigenvalue weighted by Crippen LogP contribution is -2.18. The SMILES string of the molecule is O=S1(=O)CCC(Oc2ccc(S(=O)(=O)Cl)cc2F)C1. The minimum Gasteiger partial charge on any atom is -0.486 e. The zero-order chi connectivity index (χ0) is 14.3. The van der Waals surface area contributed by atoms with Gasteiger partial charge < -0.3 is 4.74 Å². The summed E-state index contributed by atoms with van der Waals surface area (Å²) in [6.07, 6.45) is -0.324. The van der Waals surface area contributed by atoms with Crippen LogP contribution in [0.1, 0.15) is 6.42 Å². The molecule has 0 saturated carbocycles. The predicted molar refractivity (Wildman–Crippen MR) is 67.1 cm³/mol. The highest BCUT2D eigenvalue weighted by Crippen LogP contribution is 2.26. The molecule has 0 radical (unpaired) electrons. The number of ether oxygens (including phenoxy) is 1. The van der Waals surface area contributed by atoms with Crippen LogP contribution in [0.5, 0.6) is 5.75 Å². The van der Waals surface area contributed by atoms with E-state index in [1.165, 1.54) is 0 Å². The summed E-state index contributed by atoms with van der Waals surface area (Å²) in [7, 11) is -2.06. The van der Waals surface area contributed by atoms with Crippen molar-refractivity contribution in [1.29, 1.82) is 0 Å². The fourth-order valence-electron chi connectivity index (χ4n) is 1.76. The van der Waals surface area contributed by atoms with Gasteiger partial charge in [-0.1, -0.05) is 0 Å². The van der Waals surface area contributed by atoms with E-state index < -0.39 is 30.8 Å². The van der Waals surface area contributed by atoms with E-state index in [1.54, 1.807) is 0 Å². The number of halogens is 2. The van der Waals surface area contributed by atoms with Crippen LogP contribution in [0, 0.1) is 5.82 Å². The summed E-state index contributed by atoms with van der Waals surface area (Å²) in [5, 5.41) is 0. The van der Waals surface area contributed by atoms with Gasteiger partial charge in [-0.3, -0.25) is 0 Å². The molecule has 1 aromatic rings. The normalized spacial score (nSPS) is 22.3. The average molecular weight is 329 g/mol. The Kier molecular flexibility index (Phi) is 3.76. The number of benzene rings is 1. The van der Waals surface area contributed by atoms with E-state index in [2.05, 4.69) is 0 Å². The molecule has 0 aliphatic carbocycles. The van der Waals surface area contributed by atoms with Crippen molar-refractivity contribution < 1.29 is 26.0 Å². The number of rotatable bonds is 3. The van der Waals surface area contributed by atoms with Crippen molar-refractivity contribution in [3.63, 3.8) is 0 Å². The summed E-state index contributed by atoms with van der Waals surface area (Å²) >= 11 is 0. The number of hydrogen-bond donors (Lipinski definition) is 0. The van der Waals surface area contributed by atoms with Gasteiger partial charge in [-0.15, -0.1) is 0 Å². The van der Waals surface area contributed by atoms with Crippen LogP contribution in [-0.4, -0.2) is 34.4 Å². The van der Waals surface area contributed by atoms with Crippen LogP contribution in [-0.2, 0) is 18.9 Å². The minimum absolute atomic E-state index is 0.00737. The lowest BCUT2D eigenvalue weighted by Gasteiger charge is -2.12. The van der Waals surface area contributed by atoms with Gasteiger partial charge >= 0.3 is 0 Å². The molecule has 1 aliphatic heterocycles. The summed E-state index contributed by atoms with van der Waals surface area (Å²) in [4.78, 5) is -0.377. The van der Waals surface area contributed by atoms with Gasteiger partial charge in [0.1, 0.15) is 6.10 Å². The molecule has 9 heteroatoms. The Morgan fingerprint density at radius 2 is 2.05 bits per heavy atom. The maximum Gasteiger partial charge on any atom is 0.261 e. The fraction of sp³-hybridized carbons (Fsp3) is 0.400. The highest BCUT2D eigenvalue weighted by atomic mass is 35.7. The second-order valence-electron chi connectivity index (χ2n) is 4.17. The van der Waals surface area contributed by atoms with Gasteiger partial charge in [-0.2, -0.15) is 0 Å². The standard InChI is InChI=1S/C10H10ClFO5S2/c11-19(15,16)8-1-2-10(9(12)5-8)17-7-3-4-18(13,14)6-7/h1-2,5,7H,3-4,6H2. The first-order valence-electron chi connectivity index (χ1n) is 5.29. The lowest BCUT2D eigenvalue weighted by atomic mass is 10.3. The van der Waals surface area contributed by atoms with Crippen LogP contribution < -0.4 is 4.74 Å². The topological polar surface area (TPSA) is 77.5 Å². The Balaban J connectivity index is 2.19. The van der Waals surface area contributed by atoms with E-state index >= 15 is 0 Å². The molecule has 0 aromatic heterocycles. The highest BCUT2D eigenvalue weighted by molar-refractivity contribution is 8.13. The molecule has 0 amide bonds. The van der Waals surface area contributed by atoms with Crippen molar-refractivity contribution in [1.82, 2.24) is 0 Å². The van der Waals surface area contributed by atoms with Crippen molar-refractivity contribution >= 4 is 29.6 Å². The Bertz CT molecular complexity index is 699. The lowest BCUT2D eigenvalue weighted by molar-refractivity contribution is 0.218. The highest BCUT2D eigenvalue weighted by Gasteiger charge is 2.30. The molecule has 1 saturated heterocycles. The quantitative estimate of drug-likeness (QED) is 0.782. The van der Waals surface area contributed by atoms with Crippen molar-refractivity contribution in [3.8, 4) is 5.75 Å². The summed E-state index contributed by atoms with van der Waals surface area (Å²) in [5.74, 6) is -1.24. The van der Waals surface area contributed by atoms with E-state index in [0.717, 1.165) is 18.2 Å². The third-order valence-electron chi connectivity index (χ3n) is 2.67. The smallest absolute Gasteiger partial charge is 0.261 e. The molecule has 5 nitrogen and oxygen atoms in total. The van der Waals surface area contributed by atoms with Gasteiger partial charge in [-0.05, 0) is 24.6 Å². The molecule has 0 N–H and O–H groups in total. The van der Waals surface area contributed by atoms with Crippen molar-refractivity contribution in [2.24, 2.45) is 0 Å². The van der Waals surface area contributed by atoms with Crippen LogP contribution in [0.2, 0.25) is 0 Å². The van der Waals surface area contributed by atoms with Crippen LogP contribution in [0.15, 0.2) is 23.1 Å². The summed E-state index contributed by atoms with van der Waals surface area (Å²) in [6.45, 7) is 0. The fourth-order valence-corrected chi connectivity index (χ4v) is 4.11. The van der Waals surface area contributed by atoms with Crippen molar-refractivity contribution in [2.75, 3.05) is 11.5 Å². The largest absolute Gasteiger partial charge is 0.486 e. The van der Waals surface area contributed by atoms with Crippen LogP contribution in [0.3, 0.4) is 0 Å². The predicted octanol–water partition coefficient (Wildman–Crippen LogP) is 1.32. The molecule has 1 fully saturated rings. The first-order valence-corrected chi connectivity index (χ1v) is 9.42. The van der Waals surface area contributed by atoms with Crippen LogP contribution in [0.4, 0.5) is 4.39 Å². The molecule has 1 atom stereocenters. The Labute approximate surface area is 114 Å². The molecule has 0 spiro atoms. The minimum atomic E-state index is -4.01. The van der Waals surface area contributed by atoms with E-state index in [4.69, 9.17) is 15.4 Å². The molecule has 106 valence electrons. The third-order valence-corrected chi connectivity index (χ3v) is 5.76. The third kappa shape index (κ3) is 3.58. The molecule has 1 unspecified atom stereocenters. The molecular formula is C10H10ClFO5S2. The van der Waals surface area contributed by atoms with Crippen LogP contribution in [0.25, 0.3) is 0 Å². The maximum absolute atomic E-state index is 13.6. The summed E-state index contributed by atoms with van der Waals surface area (Å²) < 4.78 is 63.3. The molecule has 1 aromatic carbocycles. The molecular weight excluding hydrogens is 319 g/mol. The van der Waals surface area contributed by atoms with E-state index in [9.17, 15) is 21.2 Å². The Hall–Kier alpha value is -0.860. The Morgan fingerprint density at radius 1 is 1.37 bits per heavy atom. The average Bonchev–Trinajstić information content (AvgIpc) is 2.59. The van der Waals surface area contributed by atoms with Gasteiger partial charge in [-0.25, -0.2) is 21.2 Å². The maximum atomic E-state index is 13.6. The van der Waals surface area contributed by atoms with Crippen molar-refractivity contribution in [2.45, 2.75) is 17.4 Å². The molecule has 2 rings (SSSR count). The number of hydrogen-bond acceptors (Lipinski definition) is 5. The van der Waals surface area contributed by atoms with E-state index in [0.29, 0.717) is 0 Å². The van der Waals surface area contributed by atoms with Gasteiger partial charge in [0, 0.05) is 10.7 Å². The van der Waals surface area contributed by atoms with E-state index in [-0.39, 0.29) is 28.6 Å². The molecule has 0 bridgehead atoms.